The van der Waals surface area contributed by atoms with E-state index in [0.717, 1.165) is 30.2 Å². The van der Waals surface area contributed by atoms with E-state index in [2.05, 4.69) is 36.3 Å². The van der Waals surface area contributed by atoms with Gasteiger partial charge in [0.1, 0.15) is 0 Å². The van der Waals surface area contributed by atoms with Gasteiger partial charge in [-0.05, 0) is 36.5 Å². The second-order valence-electron chi connectivity index (χ2n) is 6.72. The Kier molecular flexibility index (Phi) is 6.39. The molecule has 1 N–H and O–H groups in total. The number of benzene rings is 2. The summed E-state index contributed by atoms with van der Waals surface area (Å²) in [5.74, 6) is 0.561. The number of aromatic nitrogens is 1. The van der Waals surface area contributed by atoms with Gasteiger partial charge in [-0.3, -0.25) is 0 Å². The quantitative estimate of drug-likeness (QED) is 0.433. The standard InChI is InChI=1S/C22H23F3N2S/c1-3-7-15(4-2)16-10-12-17(13-11-16)20-14-28-21(27-20)26-19-9-6-5-8-18(19)22(23,24)25/h5-6,8-15H,3-4,7H2,1-2H3,(H,26,27). The number of rotatable bonds is 7. The van der Waals surface area contributed by atoms with E-state index in [1.807, 2.05) is 17.5 Å². The Hall–Kier alpha value is -2.34. The van der Waals surface area contributed by atoms with Gasteiger partial charge < -0.3 is 5.32 Å². The van der Waals surface area contributed by atoms with Gasteiger partial charge in [0.05, 0.1) is 16.9 Å². The first kappa shape index (κ1) is 20.4. The van der Waals surface area contributed by atoms with Crippen molar-refractivity contribution in [1.29, 1.82) is 0 Å². The van der Waals surface area contributed by atoms with Crippen LogP contribution in [0.1, 0.15) is 50.2 Å². The summed E-state index contributed by atoms with van der Waals surface area (Å²) >= 11 is 1.29. The molecule has 0 fully saturated rings. The minimum atomic E-state index is -4.41. The van der Waals surface area contributed by atoms with Crippen molar-refractivity contribution in [2.45, 2.75) is 45.2 Å². The summed E-state index contributed by atoms with van der Waals surface area (Å²) in [5.41, 5.74) is 2.35. The molecule has 0 aliphatic heterocycles. The molecule has 0 spiro atoms. The average Bonchev–Trinajstić information content (AvgIpc) is 3.14. The smallest absolute Gasteiger partial charge is 0.331 e. The zero-order valence-corrected chi connectivity index (χ0v) is 16.7. The summed E-state index contributed by atoms with van der Waals surface area (Å²) in [4.78, 5) is 4.47. The molecule has 1 heterocycles. The van der Waals surface area contributed by atoms with Gasteiger partial charge in [0, 0.05) is 10.9 Å². The fraction of sp³-hybridized carbons (Fsp3) is 0.318. The van der Waals surface area contributed by atoms with Crippen LogP contribution in [0.15, 0.2) is 53.9 Å². The third-order valence-electron chi connectivity index (χ3n) is 4.79. The molecule has 1 unspecified atom stereocenters. The molecule has 1 atom stereocenters. The zero-order valence-electron chi connectivity index (χ0n) is 15.9. The maximum absolute atomic E-state index is 13.2. The molecule has 0 radical (unpaired) electrons. The summed E-state index contributed by atoms with van der Waals surface area (Å²) in [7, 11) is 0. The van der Waals surface area contributed by atoms with Crippen molar-refractivity contribution in [2.24, 2.45) is 0 Å². The first-order valence-electron chi connectivity index (χ1n) is 9.41. The summed E-state index contributed by atoms with van der Waals surface area (Å²) in [6, 6.07) is 13.8. The van der Waals surface area contributed by atoms with E-state index in [0.29, 0.717) is 11.0 Å². The van der Waals surface area contributed by atoms with E-state index >= 15 is 0 Å². The molecule has 0 saturated carbocycles. The molecule has 148 valence electrons. The summed E-state index contributed by atoms with van der Waals surface area (Å²) in [6.45, 7) is 4.39. The van der Waals surface area contributed by atoms with E-state index in [4.69, 9.17) is 0 Å². The summed E-state index contributed by atoms with van der Waals surface area (Å²) < 4.78 is 39.5. The number of para-hydroxylation sites is 1. The highest BCUT2D eigenvalue weighted by Gasteiger charge is 2.33. The third-order valence-corrected chi connectivity index (χ3v) is 5.54. The van der Waals surface area contributed by atoms with Gasteiger partial charge in [-0.2, -0.15) is 13.2 Å². The molecule has 3 aromatic rings. The highest BCUT2D eigenvalue weighted by atomic mass is 32.1. The maximum Gasteiger partial charge on any atom is 0.418 e. The number of hydrogen-bond donors (Lipinski definition) is 1. The second kappa shape index (κ2) is 8.78. The van der Waals surface area contributed by atoms with Crippen LogP contribution in [0.3, 0.4) is 0 Å². The Labute approximate surface area is 167 Å². The Morgan fingerprint density at radius 1 is 1.04 bits per heavy atom. The van der Waals surface area contributed by atoms with E-state index in [-0.39, 0.29) is 5.69 Å². The van der Waals surface area contributed by atoms with Crippen molar-refractivity contribution < 1.29 is 13.2 Å². The van der Waals surface area contributed by atoms with Crippen molar-refractivity contribution in [3.05, 3.63) is 65.0 Å². The number of thiazole rings is 1. The minimum absolute atomic E-state index is 0.0107. The van der Waals surface area contributed by atoms with Crippen LogP contribution in [-0.2, 0) is 6.18 Å². The average molecular weight is 405 g/mol. The molecule has 0 saturated heterocycles. The first-order chi connectivity index (χ1) is 13.4. The van der Waals surface area contributed by atoms with Gasteiger partial charge in [0.2, 0.25) is 0 Å². The molecular weight excluding hydrogens is 381 g/mol. The lowest BCUT2D eigenvalue weighted by atomic mass is 9.91. The van der Waals surface area contributed by atoms with Crippen molar-refractivity contribution in [3.8, 4) is 11.3 Å². The molecule has 0 bridgehead atoms. The van der Waals surface area contributed by atoms with Crippen molar-refractivity contribution in [1.82, 2.24) is 4.98 Å². The summed E-state index contributed by atoms with van der Waals surface area (Å²) in [6.07, 6.45) is -0.982. The lowest BCUT2D eigenvalue weighted by molar-refractivity contribution is -0.136. The monoisotopic (exact) mass is 404 g/mol. The van der Waals surface area contributed by atoms with Crippen molar-refractivity contribution in [2.75, 3.05) is 5.32 Å². The van der Waals surface area contributed by atoms with E-state index in [9.17, 15) is 13.2 Å². The molecule has 0 amide bonds. The second-order valence-corrected chi connectivity index (χ2v) is 7.58. The Morgan fingerprint density at radius 2 is 1.75 bits per heavy atom. The SMILES string of the molecule is CCCC(CC)c1ccc(-c2csc(Nc3ccccc3C(F)(F)F)n2)cc1. The Balaban J connectivity index is 1.78. The number of nitrogens with zero attached hydrogens (tertiary/aromatic N) is 1. The number of nitrogens with one attached hydrogen (secondary N) is 1. The van der Waals surface area contributed by atoms with Gasteiger partial charge in [-0.25, -0.2) is 4.98 Å². The third kappa shape index (κ3) is 4.73. The molecule has 2 nitrogen and oxygen atoms in total. The van der Waals surface area contributed by atoms with Crippen LogP contribution in [0.5, 0.6) is 0 Å². The topological polar surface area (TPSA) is 24.9 Å². The van der Waals surface area contributed by atoms with Crippen LogP contribution in [0, 0.1) is 0 Å². The maximum atomic E-state index is 13.2. The Bertz CT molecular complexity index is 901. The molecular formula is C22H23F3N2S. The van der Waals surface area contributed by atoms with Gasteiger partial charge in [-0.15, -0.1) is 11.3 Å². The van der Waals surface area contributed by atoms with Gasteiger partial charge in [-0.1, -0.05) is 56.7 Å². The van der Waals surface area contributed by atoms with Gasteiger partial charge in [0.15, 0.2) is 5.13 Å². The molecule has 3 rings (SSSR count). The van der Waals surface area contributed by atoms with E-state index < -0.39 is 11.7 Å². The van der Waals surface area contributed by atoms with Crippen LogP contribution < -0.4 is 5.32 Å². The minimum Gasteiger partial charge on any atom is -0.331 e. The first-order valence-corrected chi connectivity index (χ1v) is 10.3. The van der Waals surface area contributed by atoms with Gasteiger partial charge in [0.25, 0.3) is 0 Å². The Morgan fingerprint density at radius 3 is 2.39 bits per heavy atom. The zero-order chi connectivity index (χ0) is 20.1. The predicted molar refractivity (Wildman–Crippen MR) is 110 cm³/mol. The lowest BCUT2D eigenvalue weighted by Crippen LogP contribution is -2.08. The highest BCUT2D eigenvalue weighted by Crippen LogP contribution is 2.37. The molecule has 1 aromatic heterocycles. The van der Waals surface area contributed by atoms with Crippen molar-refractivity contribution >= 4 is 22.2 Å². The largest absolute Gasteiger partial charge is 0.418 e. The summed E-state index contributed by atoms with van der Waals surface area (Å²) in [5, 5.41) is 5.11. The fourth-order valence-electron chi connectivity index (χ4n) is 3.30. The predicted octanol–water partition coefficient (Wildman–Crippen LogP) is 7.87. The van der Waals surface area contributed by atoms with E-state index in [1.165, 1.54) is 35.5 Å². The molecule has 28 heavy (non-hydrogen) atoms. The fourth-order valence-corrected chi connectivity index (χ4v) is 4.03. The van der Waals surface area contributed by atoms with Gasteiger partial charge >= 0.3 is 6.18 Å². The normalized spacial score (nSPS) is 12.8. The van der Waals surface area contributed by atoms with Crippen LogP contribution in [0.2, 0.25) is 0 Å². The number of alkyl halides is 3. The van der Waals surface area contributed by atoms with Crippen LogP contribution in [0.4, 0.5) is 24.0 Å². The van der Waals surface area contributed by atoms with Crippen LogP contribution >= 0.6 is 11.3 Å². The van der Waals surface area contributed by atoms with Crippen LogP contribution in [0.25, 0.3) is 11.3 Å². The molecule has 6 heteroatoms. The number of hydrogen-bond acceptors (Lipinski definition) is 3. The molecule has 2 aromatic carbocycles. The number of anilines is 2. The molecule has 0 aliphatic rings. The number of halogens is 3. The highest BCUT2D eigenvalue weighted by molar-refractivity contribution is 7.14. The van der Waals surface area contributed by atoms with Crippen molar-refractivity contribution in [3.63, 3.8) is 0 Å². The molecule has 0 aliphatic carbocycles. The van der Waals surface area contributed by atoms with E-state index in [1.54, 1.807) is 6.07 Å². The lowest BCUT2D eigenvalue weighted by Gasteiger charge is -2.14. The van der Waals surface area contributed by atoms with Crippen LogP contribution in [-0.4, -0.2) is 4.98 Å².